The summed E-state index contributed by atoms with van der Waals surface area (Å²) in [6.07, 6.45) is 7.52. The number of nitrogens with one attached hydrogen (secondary N) is 1. The number of rotatable bonds is 6. The molecule has 4 aromatic heterocycles. The van der Waals surface area contributed by atoms with E-state index in [1.807, 2.05) is 30.3 Å². The van der Waals surface area contributed by atoms with Gasteiger partial charge in [0, 0.05) is 29.3 Å². The van der Waals surface area contributed by atoms with Gasteiger partial charge in [-0.3, -0.25) is 0 Å². The predicted molar refractivity (Wildman–Crippen MR) is 171 cm³/mol. The lowest BCUT2D eigenvalue weighted by atomic mass is 9.83. The third kappa shape index (κ3) is 9.43. The average Bonchev–Trinajstić information content (AvgIpc) is 2.96. The molecule has 2 aliphatic carbocycles. The number of anilines is 3. The van der Waals surface area contributed by atoms with Crippen molar-refractivity contribution in [2.24, 2.45) is 0 Å². The quantitative estimate of drug-likeness (QED) is 0.205. The first-order valence-electron chi connectivity index (χ1n) is 14.0. The minimum atomic E-state index is -0.635. The smallest absolute Gasteiger partial charge is 0.360 e. The Morgan fingerprint density at radius 2 is 1.29 bits per heavy atom. The molecule has 12 nitrogen and oxygen atoms in total. The SMILES string of the molecule is COC(=O)c1nnc(Cl)cc1Cl.COC(=O)c1nnc(Cl)cc1Nc1cccc(C2CCC2)n1.Nc1cccc(C2CCC2)n1. The third-order valence-electron chi connectivity index (χ3n) is 7.11. The van der Waals surface area contributed by atoms with Gasteiger partial charge < -0.3 is 20.5 Å². The lowest BCUT2D eigenvalue weighted by molar-refractivity contribution is 0.0584. The molecule has 0 saturated heterocycles. The maximum atomic E-state index is 11.7. The molecule has 0 amide bonds. The molecule has 0 spiro atoms. The Morgan fingerprint density at radius 3 is 1.82 bits per heavy atom. The molecule has 0 aromatic carbocycles. The Kier molecular flexibility index (Phi) is 12.2. The zero-order chi connectivity index (χ0) is 32.3. The minimum absolute atomic E-state index is 0.0384. The second-order valence-electron chi connectivity index (χ2n) is 10.1. The summed E-state index contributed by atoms with van der Waals surface area (Å²) in [5.41, 5.74) is 8.26. The monoisotopic (exact) mass is 672 g/mol. The van der Waals surface area contributed by atoms with E-state index in [0.29, 0.717) is 29.2 Å². The highest BCUT2D eigenvalue weighted by Gasteiger charge is 2.22. The summed E-state index contributed by atoms with van der Waals surface area (Å²) < 4.78 is 9.09. The van der Waals surface area contributed by atoms with Gasteiger partial charge in [-0.1, -0.05) is 59.8 Å². The number of pyridine rings is 2. The number of hydrogen-bond acceptors (Lipinski definition) is 12. The van der Waals surface area contributed by atoms with Crippen LogP contribution in [0.3, 0.4) is 0 Å². The van der Waals surface area contributed by atoms with Crippen LogP contribution in [0, 0.1) is 0 Å². The summed E-state index contributed by atoms with van der Waals surface area (Å²) in [4.78, 5) is 31.5. The van der Waals surface area contributed by atoms with Gasteiger partial charge in [0.2, 0.25) is 0 Å². The van der Waals surface area contributed by atoms with Gasteiger partial charge in [-0.2, -0.15) is 0 Å². The van der Waals surface area contributed by atoms with Crippen molar-refractivity contribution in [3.63, 3.8) is 0 Å². The van der Waals surface area contributed by atoms with Crippen LogP contribution in [-0.4, -0.2) is 56.5 Å². The summed E-state index contributed by atoms with van der Waals surface area (Å²) in [7, 11) is 2.52. The standard InChI is InChI=1S/C15H15ClN4O2.C9H12N2.C6H4Cl2N2O2/c1-22-15(21)14-11(8-12(16)19-20-14)18-13-7-3-6-10(17-13)9-4-2-5-9;10-9-6-2-5-8(11-9)7-3-1-4-7;1-12-6(11)5-3(7)2-4(8)9-10-5/h3,6-9H,2,4-5H2,1H3,(H,17,18,19);2,5-7H,1,3-4H2,(H2,10,11);2H,1H3. The van der Waals surface area contributed by atoms with Crippen molar-refractivity contribution in [3.8, 4) is 0 Å². The van der Waals surface area contributed by atoms with E-state index in [4.69, 9.17) is 45.3 Å². The first-order valence-corrected chi connectivity index (χ1v) is 15.2. The molecule has 3 N–H and O–H groups in total. The zero-order valence-electron chi connectivity index (χ0n) is 24.5. The number of halogens is 3. The topological polar surface area (TPSA) is 168 Å². The molecule has 236 valence electrons. The van der Waals surface area contributed by atoms with Gasteiger partial charge in [-0.15, -0.1) is 20.4 Å². The van der Waals surface area contributed by atoms with Gasteiger partial charge in [0.05, 0.1) is 24.9 Å². The second-order valence-corrected chi connectivity index (χ2v) is 11.3. The normalized spacial score (nSPS) is 13.9. The van der Waals surface area contributed by atoms with Crippen LogP contribution in [0.5, 0.6) is 0 Å². The Hall–Kier alpha value is -4.13. The van der Waals surface area contributed by atoms with Crippen molar-refractivity contribution < 1.29 is 19.1 Å². The summed E-state index contributed by atoms with van der Waals surface area (Å²) in [6, 6.07) is 14.5. The molecule has 0 atom stereocenters. The molecular formula is C30H31Cl3N8O4. The van der Waals surface area contributed by atoms with Crippen molar-refractivity contribution in [1.29, 1.82) is 0 Å². The van der Waals surface area contributed by atoms with Gasteiger partial charge in [0.15, 0.2) is 21.7 Å². The maximum absolute atomic E-state index is 11.7. The summed E-state index contributed by atoms with van der Waals surface area (Å²) in [5.74, 6) is 1.29. The first kappa shape index (κ1) is 33.8. The third-order valence-corrected chi connectivity index (χ3v) is 7.77. The molecule has 15 heteroatoms. The van der Waals surface area contributed by atoms with Crippen molar-refractivity contribution in [2.75, 3.05) is 25.3 Å². The van der Waals surface area contributed by atoms with Crippen LogP contribution in [0.15, 0.2) is 48.5 Å². The van der Waals surface area contributed by atoms with E-state index in [9.17, 15) is 9.59 Å². The van der Waals surface area contributed by atoms with Gasteiger partial charge in [-0.05, 0) is 56.0 Å². The number of methoxy groups -OCH3 is 2. The van der Waals surface area contributed by atoms with Crippen LogP contribution >= 0.6 is 34.8 Å². The Labute approximate surface area is 275 Å². The molecule has 2 fully saturated rings. The Bertz CT molecular complexity index is 1640. The van der Waals surface area contributed by atoms with E-state index >= 15 is 0 Å². The van der Waals surface area contributed by atoms with Crippen LogP contribution in [0.2, 0.25) is 15.3 Å². The van der Waals surface area contributed by atoms with E-state index in [-0.39, 0.29) is 26.7 Å². The van der Waals surface area contributed by atoms with Gasteiger partial charge in [0.1, 0.15) is 11.6 Å². The van der Waals surface area contributed by atoms with Crippen LogP contribution in [0.25, 0.3) is 0 Å². The second kappa shape index (κ2) is 16.3. The fraction of sp³-hybridized carbons (Fsp3) is 0.333. The molecule has 0 bridgehead atoms. The number of ether oxygens (including phenoxy) is 2. The van der Waals surface area contributed by atoms with Gasteiger partial charge >= 0.3 is 11.9 Å². The number of nitrogens with two attached hydrogens (primary N) is 1. The van der Waals surface area contributed by atoms with Crippen molar-refractivity contribution in [2.45, 2.75) is 50.4 Å². The van der Waals surface area contributed by atoms with Crippen LogP contribution in [0.1, 0.15) is 82.7 Å². The fourth-order valence-corrected chi connectivity index (χ4v) is 4.85. The van der Waals surface area contributed by atoms with E-state index in [2.05, 4.69) is 46.5 Å². The predicted octanol–water partition coefficient (Wildman–Crippen LogP) is 6.82. The number of nitrogens with zero attached hydrogens (tertiary/aromatic N) is 6. The summed E-state index contributed by atoms with van der Waals surface area (Å²) in [5, 5.41) is 17.9. The molecule has 4 heterocycles. The molecular weight excluding hydrogens is 643 g/mol. The lowest BCUT2D eigenvalue weighted by Crippen LogP contribution is -2.12. The van der Waals surface area contributed by atoms with Crippen molar-refractivity contribution in [1.82, 2.24) is 30.4 Å². The Balaban J connectivity index is 0.000000169. The molecule has 0 radical (unpaired) electrons. The molecule has 0 aliphatic heterocycles. The highest BCUT2D eigenvalue weighted by Crippen LogP contribution is 2.36. The number of hydrogen-bond donors (Lipinski definition) is 2. The maximum Gasteiger partial charge on any atom is 0.360 e. The van der Waals surface area contributed by atoms with Crippen molar-refractivity contribution in [3.05, 3.63) is 86.6 Å². The number of nitrogen functional groups attached to an aromatic ring is 1. The van der Waals surface area contributed by atoms with Gasteiger partial charge in [-0.25, -0.2) is 19.6 Å². The van der Waals surface area contributed by atoms with E-state index in [0.717, 1.165) is 5.69 Å². The lowest BCUT2D eigenvalue weighted by Gasteiger charge is -2.25. The van der Waals surface area contributed by atoms with E-state index in [1.54, 1.807) is 0 Å². The molecule has 0 unspecified atom stereocenters. The van der Waals surface area contributed by atoms with Crippen LogP contribution in [-0.2, 0) is 9.47 Å². The van der Waals surface area contributed by atoms with Crippen LogP contribution in [0.4, 0.5) is 17.3 Å². The average molecular weight is 674 g/mol. The molecule has 2 saturated carbocycles. The number of carbonyl (C=O) groups excluding carboxylic acids is 2. The van der Waals surface area contributed by atoms with E-state index < -0.39 is 11.9 Å². The summed E-state index contributed by atoms with van der Waals surface area (Å²) >= 11 is 16.9. The number of esters is 2. The molecule has 6 rings (SSSR count). The number of carbonyl (C=O) groups is 2. The van der Waals surface area contributed by atoms with Gasteiger partial charge in [0.25, 0.3) is 0 Å². The molecule has 45 heavy (non-hydrogen) atoms. The van der Waals surface area contributed by atoms with E-state index in [1.165, 1.54) is 70.6 Å². The largest absolute Gasteiger partial charge is 0.464 e. The number of aromatic nitrogens is 6. The summed E-state index contributed by atoms with van der Waals surface area (Å²) in [6.45, 7) is 0. The highest BCUT2D eigenvalue weighted by molar-refractivity contribution is 6.35. The molecule has 2 aliphatic rings. The van der Waals surface area contributed by atoms with Crippen LogP contribution < -0.4 is 11.1 Å². The Morgan fingerprint density at radius 1 is 0.756 bits per heavy atom. The minimum Gasteiger partial charge on any atom is -0.464 e. The van der Waals surface area contributed by atoms with Crippen molar-refractivity contribution >= 4 is 64.1 Å². The highest BCUT2D eigenvalue weighted by atomic mass is 35.5. The zero-order valence-corrected chi connectivity index (χ0v) is 26.8. The fourth-order valence-electron chi connectivity index (χ4n) is 4.28. The molecule has 4 aromatic rings. The first-order chi connectivity index (χ1) is 21.7.